The smallest absolute Gasteiger partial charge is 0.307 e. The zero-order chi connectivity index (χ0) is 21.5. The lowest BCUT2D eigenvalue weighted by molar-refractivity contribution is -0.136. The molecule has 0 bridgehead atoms. The first-order valence-electron chi connectivity index (χ1n) is 9.59. The summed E-state index contributed by atoms with van der Waals surface area (Å²) in [7, 11) is 0. The molecule has 0 aliphatic rings. The van der Waals surface area contributed by atoms with Crippen LogP contribution < -0.4 is 5.56 Å². The van der Waals surface area contributed by atoms with E-state index in [9.17, 15) is 9.59 Å². The molecule has 0 saturated heterocycles. The lowest BCUT2D eigenvalue weighted by atomic mass is 9.99. The zero-order valence-corrected chi connectivity index (χ0v) is 16.9. The average molecular weight is 430 g/mol. The molecular weight excluding hydrogens is 414 g/mol. The van der Waals surface area contributed by atoms with E-state index in [0.717, 1.165) is 27.4 Å². The molecule has 0 aliphatic carbocycles. The van der Waals surface area contributed by atoms with E-state index in [2.05, 4.69) is 15.2 Å². The number of hydrogen-bond acceptors (Lipinski definition) is 3. The minimum Gasteiger partial charge on any atom is -0.481 e. The van der Waals surface area contributed by atoms with Crippen LogP contribution in [-0.2, 0) is 11.2 Å². The third-order valence-electron chi connectivity index (χ3n) is 5.28. The summed E-state index contributed by atoms with van der Waals surface area (Å²) in [5, 5.41) is 18.4. The molecule has 7 heteroatoms. The fraction of sp³-hybridized carbons (Fsp3) is 0.0417. The number of carboxylic acid groups (broad SMARTS) is 1. The van der Waals surface area contributed by atoms with Crippen molar-refractivity contribution in [3.05, 3.63) is 87.8 Å². The largest absolute Gasteiger partial charge is 0.481 e. The topological polar surface area (TPSA) is 98.8 Å². The first kappa shape index (κ1) is 19.1. The van der Waals surface area contributed by atoms with Gasteiger partial charge in [-0.25, -0.2) is 0 Å². The lowest BCUT2D eigenvalue weighted by Crippen LogP contribution is -2.09. The van der Waals surface area contributed by atoms with Gasteiger partial charge in [0.25, 0.3) is 5.56 Å². The van der Waals surface area contributed by atoms with Crippen LogP contribution in [0.5, 0.6) is 0 Å². The summed E-state index contributed by atoms with van der Waals surface area (Å²) in [6, 6.07) is 18.4. The van der Waals surface area contributed by atoms with Crippen molar-refractivity contribution in [1.29, 1.82) is 0 Å². The number of nitrogens with one attached hydrogen (secondary N) is 2. The summed E-state index contributed by atoms with van der Waals surface area (Å²) in [6.07, 6.45) is 1.66. The quantitative estimate of drug-likeness (QED) is 0.373. The van der Waals surface area contributed by atoms with Gasteiger partial charge in [-0.15, -0.1) is 0 Å². The standard InChI is InChI=1S/C24H16ClN3O3/c25-20-11-21-17(8-18(20)15-4-5-16-12-26-28-22(16)10-15)9-19(24(31)27-21)14-3-1-2-13(6-14)7-23(29)30/h1-6,8-12H,7H2,(H,26,28)(H,27,31)(H,29,30). The molecule has 0 unspecified atom stereocenters. The van der Waals surface area contributed by atoms with Crippen molar-refractivity contribution in [2.24, 2.45) is 0 Å². The number of pyridine rings is 1. The van der Waals surface area contributed by atoms with E-state index in [1.807, 2.05) is 30.3 Å². The summed E-state index contributed by atoms with van der Waals surface area (Å²) < 4.78 is 0. The molecule has 0 aliphatic heterocycles. The zero-order valence-electron chi connectivity index (χ0n) is 16.1. The van der Waals surface area contributed by atoms with E-state index in [1.165, 1.54) is 0 Å². The Morgan fingerprint density at radius 1 is 0.935 bits per heavy atom. The van der Waals surface area contributed by atoms with Crippen molar-refractivity contribution >= 4 is 39.4 Å². The summed E-state index contributed by atoms with van der Waals surface area (Å²) >= 11 is 6.54. The van der Waals surface area contributed by atoms with Gasteiger partial charge < -0.3 is 10.1 Å². The SMILES string of the molecule is O=C(O)Cc1cccc(-c2cc3cc(-c4ccc5cn[nH]c5c4)c(Cl)cc3[nH]c2=O)c1. The van der Waals surface area contributed by atoms with E-state index < -0.39 is 5.97 Å². The Hall–Kier alpha value is -3.90. The van der Waals surface area contributed by atoms with Crippen molar-refractivity contribution in [2.45, 2.75) is 6.42 Å². The van der Waals surface area contributed by atoms with Crippen molar-refractivity contribution in [1.82, 2.24) is 15.2 Å². The Morgan fingerprint density at radius 2 is 1.74 bits per heavy atom. The van der Waals surface area contributed by atoms with Crippen molar-refractivity contribution in [3.63, 3.8) is 0 Å². The number of aromatic nitrogens is 3. The molecule has 2 heterocycles. The normalized spacial score (nSPS) is 11.3. The van der Waals surface area contributed by atoms with Crippen LogP contribution in [0.2, 0.25) is 5.02 Å². The number of hydrogen-bond donors (Lipinski definition) is 3. The molecule has 152 valence electrons. The number of H-pyrrole nitrogens is 2. The van der Waals surface area contributed by atoms with Gasteiger partial charge in [0.1, 0.15) is 0 Å². The molecule has 0 amide bonds. The molecule has 0 atom stereocenters. The molecule has 0 radical (unpaired) electrons. The molecular formula is C24H16ClN3O3. The maximum Gasteiger partial charge on any atom is 0.307 e. The molecule has 31 heavy (non-hydrogen) atoms. The van der Waals surface area contributed by atoms with Gasteiger partial charge in [0.15, 0.2) is 0 Å². The maximum absolute atomic E-state index is 12.7. The van der Waals surface area contributed by atoms with E-state index in [0.29, 0.717) is 27.2 Å². The lowest BCUT2D eigenvalue weighted by Gasteiger charge is -2.10. The predicted molar refractivity (Wildman–Crippen MR) is 121 cm³/mol. The highest BCUT2D eigenvalue weighted by Crippen LogP contribution is 2.33. The van der Waals surface area contributed by atoms with Crippen LogP contribution in [-0.4, -0.2) is 26.3 Å². The first-order chi connectivity index (χ1) is 15.0. The fourth-order valence-electron chi connectivity index (χ4n) is 3.79. The molecule has 3 N–H and O–H groups in total. The van der Waals surface area contributed by atoms with Gasteiger partial charge in [-0.2, -0.15) is 5.10 Å². The maximum atomic E-state index is 12.7. The molecule has 5 aromatic rings. The van der Waals surface area contributed by atoms with Crippen LogP contribution in [0.15, 0.2) is 71.7 Å². The molecule has 0 fully saturated rings. The van der Waals surface area contributed by atoms with Crippen LogP contribution >= 0.6 is 11.6 Å². The highest BCUT2D eigenvalue weighted by Gasteiger charge is 2.12. The van der Waals surface area contributed by atoms with Gasteiger partial charge in [-0.1, -0.05) is 48.0 Å². The van der Waals surface area contributed by atoms with Crippen LogP contribution in [0.25, 0.3) is 44.1 Å². The predicted octanol–water partition coefficient (Wildman–Crippen LogP) is 5.02. The summed E-state index contributed by atoms with van der Waals surface area (Å²) in [5.41, 5.74) is 4.81. The third kappa shape index (κ3) is 3.58. The summed E-state index contributed by atoms with van der Waals surface area (Å²) in [5.74, 6) is -0.918. The summed E-state index contributed by atoms with van der Waals surface area (Å²) in [6.45, 7) is 0. The van der Waals surface area contributed by atoms with Crippen molar-refractivity contribution < 1.29 is 9.90 Å². The summed E-state index contributed by atoms with van der Waals surface area (Å²) in [4.78, 5) is 26.7. The molecule has 6 nitrogen and oxygen atoms in total. The number of aromatic amines is 2. The Bertz CT molecular complexity index is 1530. The highest BCUT2D eigenvalue weighted by atomic mass is 35.5. The van der Waals surface area contributed by atoms with Crippen LogP contribution in [0, 0.1) is 0 Å². The van der Waals surface area contributed by atoms with Gasteiger partial charge in [-0.05, 0) is 46.3 Å². The second-order valence-corrected chi connectivity index (χ2v) is 7.78. The van der Waals surface area contributed by atoms with Gasteiger partial charge in [0.05, 0.1) is 23.2 Å². The number of carbonyl (C=O) groups is 1. The van der Waals surface area contributed by atoms with Crippen molar-refractivity contribution in [2.75, 3.05) is 0 Å². The van der Waals surface area contributed by atoms with Crippen LogP contribution in [0.4, 0.5) is 0 Å². The van der Waals surface area contributed by atoms with Gasteiger partial charge >= 0.3 is 5.97 Å². The van der Waals surface area contributed by atoms with Crippen LogP contribution in [0.3, 0.4) is 0 Å². The first-order valence-corrected chi connectivity index (χ1v) is 9.97. The number of nitrogens with zero attached hydrogens (tertiary/aromatic N) is 1. The Morgan fingerprint density at radius 3 is 2.58 bits per heavy atom. The highest BCUT2D eigenvalue weighted by molar-refractivity contribution is 6.34. The second-order valence-electron chi connectivity index (χ2n) is 7.37. The van der Waals surface area contributed by atoms with E-state index in [1.54, 1.807) is 36.5 Å². The Labute approximate surface area is 181 Å². The third-order valence-corrected chi connectivity index (χ3v) is 5.59. The Balaban J connectivity index is 1.65. The van der Waals surface area contributed by atoms with E-state index >= 15 is 0 Å². The molecule has 0 saturated carbocycles. The van der Waals surface area contributed by atoms with Crippen LogP contribution in [0.1, 0.15) is 5.56 Å². The molecule has 3 aromatic carbocycles. The molecule has 5 rings (SSSR count). The minimum absolute atomic E-state index is 0.102. The molecule has 0 spiro atoms. The second kappa shape index (κ2) is 7.41. The number of fused-ring (bicyclic) bond motifs is 2. The number of benzene rings is 3. The fourth-order valence-corrected chi connectivity index (χ4v) is 4.06. The number of halogens is 1. The number of aliphatic carboxylic acids is 1. The van der Waals surface area contributed by atoms with Gasteiger partial charge in [-0.3, -0.25) is 14.7 Å². The number of rotatable bonds is 4. The van der Waals surface area contributed by atoms with Gasteiger partial charge in [0.2, 0.25) is 0 Å². The van der Waals surface area contributed by atoms with Gasteiger partial charge in [0, 0.05) is 22.0 Å². The van der Waals surface area contributed by atoms with Crippen molar-refractivity contribution in [3.8, 4) is 22.3 Å². The number of carboxylic acids is 1. The average Bonchev–Trinajstić information content (AvgIpc) is 3.20. The van der Waals surface area contributed by atoms with E-state index in [-0.39, 0.29) is 12.0 Å². The Kier molecular flexibility index (Phi) is 4.56. The van der Waals surface area contributed by atoms with E-state index in [4.69, 9.17) is 16.7 Å². The minimum atomic E-state index is -0.918. The monoisotopic (exact) mass is 429 g/mol. The molecule has 2 aromatic heterocycles.